The van der Waals surface area contributed by atoms with Crippen LogP contribution in [0.1, 0.15) is 38.2 Å². The number of aryl methyl sites for hydroxylation is 1. The van der Waals surface area contributed by atoms with E-state index in [0.717, 1.165) is 22.2 Å². The van der Waals surface area contributed by atoms with Gasteiger partial charge in [0.1, 0.15) is 4.21 Å². The zero-order chi connectivity index (χ0) is 14.0. The maximum Gasteiger partial charge on any atom is 0.252 e. The fourth-order valence-corrected chi connectivity index (χ4v) is 6.38. The van der Waals surface area contributed by atoms with Gasteiger partial charge in [-0.3, -0.25) is 0 Å². The Bertz CT molecular complexity index is 511. The SMILES string of the molecule is CCCC1CCN(S(=O)(=O)c2cc(C)c(Br)s2)CC1. The van der Waals surface area contributed by atoms with Crippen LogP contribution in [0.4, 0.5) is 0 Å². The molecule has 19 heavy (non-hydrogen) atoms. The summed E-state index contributed by atoms with van der Waals surface area (Å²) in [5.41, 5.74) is 0.990. The number of thiophene rings is 1. The van der Waals surface area contributed by atoms with Crippen molar-refractivity contribution in [3.63, 3.8) is 0 Å². The highest BCUT2D eigenvalue weighted by Gasteiger charge is 2.30. The van der Waals surface area contributed by atoms with Crippen LogP contribution in [0.3, 0.4) is 0 Å². The summed E-state index contributed by atoms with van der Waals surface area (Å²) in [6.45, 7) is 5.45. The van der Waals surface area contributed by atoms with Gasteiger partial charge in [0.05, 0.1) is 3.79 Å². The Hall–Kier alpha value is 0.0900. The molecule has 0 saturated carbocycles. The molecular formula is C13H20BrNO2S2. The lowest BCUT2D eigenvalue weighted by Crippen LogP contribution is -2.38. The van der Waals surface area contributed by atoms with Crippen LogP contribution in [0.5, 0.6) is 0 Å². The Labute approximate surface area is 128 Å². The van der Waals surface area contributed by atoms with Gasteiger partial charge < -0.3 is 0 Å². The van der Waals surface area contributed by atoms with Gasteiger partial charge in [-0.1, -0.05) is 19.8 Å². The molecule has 0 unspecified atom stereocenters. The fourth-order valence-electron chi connectivity index (χ4n) is 2.53. The van der Waals surface area contributed by atoms with Crippen LogP contribution in [0.15, 0.2) is 14.1 Å². The zero-order valence-corrected chi connectivity index (χ0v) is 14.6. The summed E-state index contributed by atoms with van der Waals surface area (Å²) in [5.74, 6) is 0.702. The van der Waals surface area contributed by atoms with Crippen molar-refractivity contribution in [2.24, 2.45) is 5.92 Å². The van der Waals surface area contributed by atoms with Crippen LogP contribution in [0.2, 0.25) is 0 Å². The molecule has 0 atom stereocenters. The summed E-state index contributed by atoms with van der Waals surface area (Å²) in [7, 11) is -3.28. The highest BCUT2D eigenvalue weighted by molar-refractivity contribution is 9.11. The Morgan fingerprint density at radius 1 is 1.42 bits per heavy atom. The third kappa shape index (κ3) is 3.40. The van der Waals surface area contributed by atoms with Crippen molar-refractivity contribution < 1.29 is 8.42 Å². The van der Waals surface area contributed by atoms with E-state index < -0.39 is 10.0 Å². The quantitative estimate of drug-likeness (QED) is 0.807. The second-order valence-corrected chi connectivity index (χ2v) is 9.69. The van der Waals surface area contributed by atoms with Gasteiger partial charge in [0.25, 0.3) is 10.0 Å². The molecular weight excluding hydrogens is 346 g/mol. The van der Waals surface area contributed by atoms with E-state index >= 15 is 0 Å². The molecule has 1 saturated heterocycles. The Morgan fingerprint density at radius 3 is 2.53 bits per heavy atom. The molecule has 0 aromatic carbocycles. The van der Waals surface area contributed by atoms with Gasteiger partial charge >= 0.3 is 0 Å². The van der Waals surface area contributed by atoms with Crippen LogP contribution in [-0.2, 0) is 10.0 Å². The summed E-state index contributed by atoms with van der Waals surface area (Å²) in [5, 5.41) is 0. The van der Waals surface area contributed by atoms with E-state index in [1.54, 1.807) is 10.4 Å². The monoisotopic (exact) mass is 365 g/mol. The van der Waals surface area contributed by atoms with Gasteiger partial charge in [-0.2, -0.15) is 4.31 Å². The van der Waals surface area contributed by atoms with Crippen LogP contribution in [0, 0.1) is 12.8 Å². The number of nitrogens with zero attached hydrogens (tertiary/aromatic N) is 1. The lowest BCUT2D eigenvalue weighted by atomic mass is 9.94. The zero-order valence-electron chi connectivity index (χ0n) is 11.4. The first-order valence-corrected chi connectivity index (χ1v) is 9.76. The minimum Gasteiger partial charge on any atom is -0.206 e. The summed E-state index contributed by atoms with van der Waals surface area (Å²) < 4.78 is 28.1. The standard InChI is InChI=1S/C13H20BrNO2S2/c1-3-4-11-5-7-15(8-6-11)19(16,17)12-9-10(2)13(14)18-12/h9,11H,3-8H2,1-2H3. The molecule has 6 heteroatoms. The van der Waals surface area contributed by atoms with E-state index in [2.05, 4.69) is 22.9 Å². The van der Waals surface area contributed by atoms with Crippen molar-refractivity contribution in [2.75, 3.05) is 13.1 Å². The number of halogens is 1. The highest BCUT2D eigenvalue weighted by atomic mass is 79.9. The molecule has 1 aromatic rings. The van der Waals surface area contributed by atoms with Gasteiger partial charge in [0.2, 0.25) is 0 Å². The lowest BCUT2D eigenvalue weighted by Gasteiger charge is -2.30. The van der Waals surface area contributed by atoms with Crippen molar-refractivity contribution in [3.8, 4) is 0 Å². The molecule has 1 aliphatic rings. The normalized spacial score (nSPS) is 18.9. The number of hydrogen-bond acceptors (Lipinski definition) is 3. The highest BCUT2D eigenvalue weighted by Crippen LogP contribution is 2.34. The molecule has 1 aliphatic heterocycles. The first-order chi connectivity index (χ1) is 8.95. The van der Waals surface area contributed by atoms with E-state index in [-0.39, 0.29) is 0 Å². The van der Waals surface area contributed by atoms with Gasteiger partial charge in [0, 0.05) is 13.1 Å². The third-order valence-corrected chi connectivity index (χ3v) is 8.18. The molecule has 0 aliphatic carbocycles. The molecule has 0 N–H and O–H groups in total. The van der Waals surface area contributed by atoms with Crippen LogP contribution in [-0.4, -0.2) is 25.8 Å². The van der Waals surface area contributed by atoms with Gasteiger partial charge in [-0.25, -0.2) is 8.42 Å². The van der Waals surface area contributed by atoms with E-state index in [1.807, 2.05) is 6.92 Å². The van der Waals surface area contributed by atoms with Crippen molar-refractivity contribution in [1.82, 2.24) is 4.31 Å². The summed E-state index contributed by atoms with van der Waals surface area (Å²) in [6.07, 6.45) is 4.41. The first-order valence-electron chi connectivity index (χ1n) is 6.71. The van der Waals surface area contributed by atoms with E-state index in [1.165, 1.54) is 24.2 Å². The molecule has 0 amide bonds. The third-order valence-electron chi connectivity index (χ3n) is 3.70. The summed E-state index contributed by atoms with van der Waals surface area (Å²) >= 11 is 4.71. The van der Waals surface area contributed by atoms with Gasteiger partial charge in [-0.15, -0.1) is 11.3 Å². The van der Waals surface area contributed by atoms with E-state index in [9.17, 15) is 8.42 Å². The Morgan fingerprint density at radius 2 is 2.05 bits per heavy atom. The molecule has 0 spiro atoms. The molecule has 3 nitrogen and oxygen atoms in total. The topological polar surface area (TPSA) is 37.4 Å². The Balaban J connectivity index is 2.09. The Kier molecular flexibility index (Phi) is 5.09. The van der Waals surface area contributed by atoms with Crippen LogP contribution < -0.4 is 0 Å². The van der Waals surface area contributed by atoms with E-state index in [4.69, 9.17) is 0 Å². The second-order valence-electron chi connectivity index (χ2n) is 5.16. The number of hydrogen-bond donors (Lipinski definition) is 0. The maximum absolute atomic E-state index is 12.5. The van der Waals surface area contributed by atoms with Gasteiger partial charge in [0.15, 0.2) is 0 Å². The minimum atomic E-state index is -3.28. The second kappa shape index (κ2) is 6.24. The molecule has 2 rings (SSSR count). The smallest absolute Gasteiger partial charge is 0.206 e. The molecule has 1 aromatic heterocycles. The molecule has 0 bridgehead atoms. The summed E-state index contributed by atoms with van der Waals surface area (Å²) in [4.78, 5) is 0. The van der Waals surface area contributed by atoms with Crippen molar-refractivity contribution in [3.05, 3.63) is 15.4 Å². The predicted molar refractivity (Wildman–Crippen MR) is 83.1 cm³/mol. The minimum absolute atomic E-state index is 0.464. The predicted octanol–water partition coefficient (Wildman–Crippen LogP) is 4.02. The number of rotatable bonds is 4. The average Bonchev–Trinajstić information content (AvgIpc) is 2.71. The number of sulfonamides is 1. The first kappa shape index (κ1) is 15.5. The van der Waals surface area contributed by atoms with E-state index in [0.29, 0.717) is 23.2 Å². The van der Waals surface area contributed by atoms with Crippen LogP contribution in [0.25, 0.3) is 0 Å². The molecule has 108 valence electrons. The molecule has 0 radical (unpaired) electrons. The van der Waals surface area contributed by atoms with Crippen molar-refractivity contribution >= 4 is 37.3 Å². The average molecular weight is 366 g/mol. The van der Waals surface area contributed by atoms with Crippen molar-refractivity contribution in [2.45, 2.75) is 43.7 Å². The van der Waals surface area contributed by atoms with Crippen LogP contribution >= 0.6 is 27.3 Å². The largest absolute Gasteiger partial charge is 0.252 e. The number of piperidine rings is 1. The molecule has 2 heterocycles. The lowest BCUT2D eigenvalue weighted by molar-refractivity contribution is 0.263. The molecule has 1 fully saturated rings. The fraction of sp³-hybridized carbons (Fsp3) is 0.692. The van der Waals surface area contributed by atoms with Crippen molar-refractivity contribution in [1.29, 1.82) is 0 Å². The summed E-state index contributed by atoms with van der Waals surface area (Å²) in [6, 6.07) is 1.77. The van der Waals surface area contributed by atoms with Gasteiger partial charge in [-0.05, 0) is 53.2 Å². The maximum atomic E-state index is 12.5.